The number of phosphoric ester groups is 2. The van der Waals surface area contributed by atoms with Gasteiger partial charge in [0.1, 0.15) is 19.3 Å². The molecule has 3 N–H and O–H groups in total. The van der Waals surface area contributed by atoms with Gasteiger partial charge in [0.15, 0.2) is 12.2 Å². The normalized spacial score (nSPS) is 15.0. The van der Waals surface area contributed by atoms with Crippen molar-refractivity contribution in [3.8, 4) is 0 Å². The van der Waals surface area contributed by atoms with Gasteiger partial charge in [-0.2, -0.15) is 0 Å². The summed E-state index contributed by atoms with van der Waals surface area (Å²) in [6, 6.07) is 0. The highest BCUT2D eigenvalue weighted by Crippen LogP contribution is 2.45. The molecule has 0 rings (SSSR count). The van der Waals surface area contributed by atoms with Gasteiger partial charge in [0.25, 0.3) is 0 Å². The van der Waals surface area contributed by atoms with Crippen molar-refractivity contribution in [1.29, 1.82) is 0 Å². The lowest BCUT2D eigenvalue weighted by molar-refractivity contribution is -0.161. The van der Waals surface area contributed by atoms with Gasteiger partial charge in [-0.05, 0) is 25.7 Å². The molecule has 0 saturated carbocycles. The van der Waals surface area contributed by atoms with Gasteiger partial charge in [0.2, 0.25) is 0 Å². The van der Waals surface area contributed by atoms with Crippen molar-refractivity contribution in [2.45, 2.75) is 194 Å². The van der Waals surface area contributed by atoms with Gasteiger partial charge in [0.05, 0.1) is 26.4 Å². The van der Waals surface area contributed by atoms with E-state index in [-0.39, 0.29) is 25.7 Å². The maximum atomic E-state index is 12.7. The zero-order chi connectivity index (χ0) is 44.2. The van der Waals surface area contributed by atoms with Crippen LogP contribution in [0.1, 0.15) is 175 Å². The van der Waals surface area contributed by atoms with E-state index in [0.717, 1.165) is 89.9 Å². The molecule has 59 heavy (non-hydrogen) atoms. The van der Waals surface area contributed by atoms with Crippen LogP contribution in [-0.4, -0.2) is 96.7 Å². The molecule has 0 aromatic carbocycles. The Morgan fingerprint density at radius 3 is 1.07 bits per heavy atom. The molecule has 0 saturated heterocycles. The average Bonchev–Trinajstić information content (AvgIpc) is 3.20. The molecule has 2 unspecified atom stereocenters. The Kier molecular flexibility index (Phi) is 35.5. The summed E-state index contributed by atoms with van der Waals surface area (Å²) in [5, 5.41) is 10.3. The van der Waals surface area contributed by atoms with E-state index in [9.17, 15) is 43.2 Å². The maximum Gasteiger partial charge on any atom is 0.472 e. The summed E-state index contributed by atoms with van der Waals surface area (Å²) in [7, 11) is -9.79. The van der Waals surface area contributed by atoms with E-state index in [1.54, 1.807) is 0 Å². The number of carbonyl (C=O) groups is 4. The van der Waals surface area contributed by atoms with Gasteiger partial charge in [-0.25, -0.2) is 9.13 Å². The van der Waals surface area contributed by atoms with Crippen LogP contribution in [0, 0.1) is 0 Å². The molecule has 0 heterocycles. The molecule has 0 bridgehead atoms. The molecule has 5 atom stereocenters. The smallest absolute Gasteiger partial charge is 0.462 e. The van der Waals surface area contributed by atoms with Crippen LogP contribution in [0.15, 0.2) is 0 Å². The fourth-order valence-electron chi connectivity index (χ4n) is 5.37. The van der Waals surface area contributed by atoms with E-state index in [1.807, 2.05) is 13.8 Å². The van der Waals surface area contributed by atoms with Crippen molar-refractivity contribution in [3.05, 3.63) is 0 Å². The molecule has 0 aliphatic heterocycles. The van der Waals surface area contributed by atoms with E-state index < -0.39 is 97.5 Å². The highest BCUT2D eigenvalue weighted by atomic mass is 31.2. The Bertz CT molecular complexity index is 1200. The molecular weight excluding hydrogens is 814 g/mol. The Balaban J connectivity index is 5.07. The van der Waals surface area contributed by atoms with Crippen LogP contribution >= 0.6 is 15.6 Å². The summed E-state index contributed by atoms with van der Waals surface area (Å²) in [5.41, 5.74) is 0. The van der Waals surface area contributed by atoms with Crippen LogP contribution in [0.5, 0.6) is 0 Å². The first-order valence-electron chi connectivity index (χ1n) is 21.8. The lowest BCUT2D eigenvalue weighted by Crippen LogP contribution is -2.30. The second kappa shape index (κ2) is 36.7. The van der Waals surface area contributed by atoms with E-state index in [1.165, 1.54) is 6.42 Å². The molecular formula is C40H76O17P2. The molecule has 0 aromatic heterocycles. The van der Waals surface area contributed by atoms with Crippen LogP contribution in [0.25, 0.3) is 0 Å². The number of aliphatic hydroxyl groups excluding tert-OH is 1. The molecule has 17 nitrogen and oxygen atoms in total. The van der Waals surface area contributed by atoms with Crippen molar-refractivity contribution in [2.75, 3.05) is 39.6 Å². The summed E-state index contributed by atoms with van der Waals surface area (Å²) >= 11 is 0. The lowest BCUT2D eigenvalue weighted by Gasteiger charge is -2.21. The first kappa shape index (κ1) is 57.1. The number of esters is 4. The first-order valence-corrected chi connectivity index (χ1v) is 24.8. The van der Waals surface area contributed by atoms with E-state index in [4.69, 9.17) is 37.0 Å². The van der Waals surface area contributed by atoms with Gasteiger partial charge in [-0.1, -0.05) is 124 Å². The van der Waals surface area contributed by atoms with Crippen LogP contribution < -0.4 is 0 Å². The van der Waals surface area contributed by atoms with Crippen LogP contribution in [0.2, 0.25) is 0 Å². The number of carbonyl (C=O) groups excluding carboxylic acids is 4. The maximum absolute atomic E-state index is 12.7. The number of unbranched alkanes of at least 4 members (excludes halogenated alkanes) is 15. The Hall–Kier alpha value is -1.94. The Morgan fingerprint density at radius 2 is 0.695 bits per heavy atom. The Morgan fingerprint density at radius 1 is 0.407 bits per heavy atom. The quantitative estimate of drug-likeness (QED) is 0.0225. The zero-order valence-electron chi connectivity index (χ0n) is 36.2. The van der Waals surface area contributed by atoms with E-state index in [2.05, 4.69) is 13.8 Å². The minimum absolute atomic E-state index is 0.0933. The third kappa shape index (κ3) is 36.4. The molecule has 0 fully saturated rings. The molecule has 0 radical (unpaired) electrons. The number of ether oxygens (including phenoxy) is 4. The van der Waals surface area contributed by atoms with Gasteiger partial charge in [-0.15, -0.1) is 0 Å². The highest BCUT2D eigenvalue weighted by molar-refractivity contribution is 7.47. The number of aliphatic hydroxyl groups is 1. The summed E-state index contributed by atoms with van der Waals surface area (Å²) in [5.74, 6) is -2.24. The molecule has 0 aromatic rings. The van der Waals surface area contributed by atoms with Crippen LogP contribution in [0.4, 0.5) is 0 Å². The van der Waals surface area contributed by atoms with Gasteiger partial charge < -0.3 is 33.8 Å². The van der Waals surface area contributed by atoms with E-state index >= 15 is 0 Å². The summed E-state index contributed by atoms with van der Waals surface area (Å²) in [6.07, 6.45) is 13.7. The van der Waals surface area contributed by atoms with Gasteiger partial charge in [0, 0.05) is 25.7 Å². The number of rotatable bonds is 41. The number of hydrogen-bond acceptors (Lipinski definition) is 15. The minimum Gasteiger partial charge on any atom is -0.462 e. The third-order valence-electron chi connectivity index (χ3n) is 8.85. The number of phosphoric acid groups is 2. The molecule has 0 aliphatic rings. The van der Waals surface area contributed by atoms with Crippen molar-refractivity contribution in [2.24, 2.45) is 0 Å². The predicted octanol–water partition coefficient (Wildman–Crippen LogP) is 8.58. The van der Waals surface area contributed by atoms with Crippen molar-refractivity contribution < 1.29 is 80.2 Å². The monoisotopic (exact) mass is 890 g/mol. The van der Waals surface area contributed by atoms with Crippen molar-refractivity contribution in [3.63, 3.8) is 0 Å². The first-order chi connectivity index (χ1) is 28.2. The molecule has 0 spiro atoms. The van der Waals surface area contributed by atoms with Gasteiger partial charge in [-0.3, -0.25) is 37.3 Å². The minimum atomic E-state index is -4.90. The fourth-order valence-corrected chi connectivity index (χ4v) is 6.95. The van der Waals surface area contributed by atoms with Gasteiger partial charge >= 0.3 is 39.5 Å². The summed E-state index contributed by atoms with van der Waals surface area (Å²) in [6.45, 7) is 4.19. The lowest BCUT2D eigenvalue weighted by atomic mass is 10.1. The molecule has 0 amide bonds. The van der Waals surface area contributed by atoms with Crippen LogP contribution in [-0.2, 0) is 65.4 Å². The predicted molar refractivity (Wildman–Crippen MR) is 220 cm³/mol. The largest absolute Gasteiger partial charge is 0.472 e. The van der Waals surface area contributed by atoms with Crippen molar-refractivity contribution in [1.82, 2.24) is 0 Å². The highest BCUT2D eigenvalue weighted by Gasteiger charge is 2.30. The van der Waals surface area contributed by atoms with E-state index in [0.29, 0.717) is 25.7 Å². The summed E-state index contributed by atoms with van der Waals surface area (Å²) < 4.78 is 65.9. The zero-order valence-corrected chi connectivity index (χ0v) is 38.0. The topological polar surface area (TPSA) is 237 Å². The SMILES string of the molecule is CCCCCCCCCC(=O)OC[C@H](COP(=O)(O)OC[C@H](O)COP(=O)(O)OC[C@@H](COC(=O)CCCC)OC(=O)CCCCCC)OC(=O)CCCCCCCC. The molecule has 19 heteroatoms. The van der Waals surface area contributed by atoms with Crippen molar-refractivity contribution >= 4 is 39.5 Å². The number of hydrogen-bond donors (Lipinski definition) is 3. The summed E-state index contributed by atoms with van der Waals surface area (Å²) in [4.78, 5) is 69.7. The average molecular weight is 891 g/mol. The standard InChI is InChI=1S/C40H76O17P2/c1-5-9-13-16-18-20-22-25-38(43)51-31-36(57-40(45)27-23-19-17-14-10-6-2)33-55-59(48,49)53-29-34(41)28-52-58(46,47)54-32-35(30-50-37(42)24-12-8-4)56-39(44)26-21-15-11-7-3/h34-36,41H,5-33H2,1-4H3,(H,46,47)(H,48,49)/t34-,35-,36-/m1/s1. The molecule has 348 valence electrons. The molecule has 0 aliphatic carbocycles. The van der Waals surface area contributed by atoms with Crippen LogP contribution in [0.3, 0.4) is 0 Å². The Labute approximate surface area is 352 Å². The fraction of sp³-hybridized carbons (Fsp3) is 0.900. The second-order valence-corrected chi connectivity index (χ2v) is 17.6. The second-order valence-electron chi connectivity index (χ2n) is 14.7. The third-order valence-corrected chi connectivity index (χ3v) is 10.8.